The molecule has 0 aliphatic rings. The molecule has 0 aromatic heterocycles. The van der Waals surface area contributed by atoms with E-state index < -0.39 is 0 Å². The Kier molecular flexibility index (Phi) is 4.69. The summed E-state index contributed by atoms with van der Waals surface area (Å²) in [6.45, 7) is 8.88. The van der Waals surface area contributed by atoms with E-state index in [9.17, 15) is 4.39 Å². The predicted molar refractivity (Wildman–Crippen MR) is 67.9 cm³/mol. The molecule has 0 bridgehead atoms. The zero-order valence-corrected chi connectivity index (χ0v) is 10.5. The van der Waals surface area contributed by atoms with Gasteiger partial charge in [-0.2, -0.15) is 0 Å². The highest BCUT2D eigenvalue weighted by molar-refractivity contribution is 5.53. The van der Waals surface area contributed by atoms with Crippen LogP contribution >= 0.6 is 0 Å². The van der Waals surface area contributed by atoms with Crippen LogP contribution in [0.15, 0.2) is 23.8 Å². The number of hydrogen-bond donors (Lipinski definition) is 1. The molecule has 16 heavy (non-hydrogen) atoms. The molecule has 0 atom stereocenters. The minimum absolute atomic E-state index is 0.140. The normalized spacial score (nSPS) is 12.2. The fourth-order valence-electron chi connectivity index (χ4n) is 1.40. The van der Waals surface area contributed by atoms with Gasteiger partial charge in [-0.1, -0.05) is 37.6 Å². The second-order valence-corrected chi connectivity index (χ2v) is 4.53. The van der Waals surface area contributed by atoms with Crippen LogP contribution in [0.3, 0.4) is 0 Å². The van der Waals surface area contributed by atoms with Crippen molar-refractivity contribution in [2.24, 2.45) is 0 Å². The zero-order valence-electron chi connectivity index (χ0n) is 10.5. The third-order valence-electron chi connectivity index (χ3n) is 2.40. The summed E-state index contributed by atoms with van der Waals surface area (Å²) in [6.07, 6.45) is 2.01. The Labute approximate surface area is 97.4 Å². The molecule has 0 heterocycles. The van der Waals surface area contributed by atoms with Crippen LogP contribution in [-0.4, -0.2) is 12.6 Å². The standard InChI is InChI=1S/C14H20FN/c1-10(2)16-9-11(3)7-13-6-5-12(4)14(15)8-13/h5-8,10,16H,9H2,1-4H3. The molecule has 0 spiro atoms. The van der Waals surface area contributed by atoms with Crippen molar-refractivity contribution in [3.63, 3.8) is 0 Å². The highest BCUT2D eigenvalue weighted by Crippen LogP contribution is 2.12. The van der Waals surface area contributed by atoms with Gasteiger partial charge in [0.1, 0.15) is 5.82 Å². The molecular formula is C14H20FN. The quantitative estimate of drug-likeness (QED) is 0.820. The van der Waals surface area contributed by atoms with Crippen molar-refractivity contribution < 1.29 is 4.39 Å². The largest absolute Gasteiger partial charge is 0.311 e. The average molecular weight is 221 g/mol. The Morgan fingerprint density at radius 3 is 2.69 bits per heavy atom. The van der Waals surface area contributed by atoms with E-state index in [0.717, 1.165) is 12.1 Å². The van der Waals surface area contributed by atoms with Crippen LogP contribution in [0.25, 0.3) is 6.08 Å². The van der Waals surface area contributed by atoms with Gasteiger partial charge < -0.3 is 5.32 Å². The van der Waals surface area contributed by atoms with Gasteiger partial charge in [-0.3, -0.25) is 0 Å². The van der Waals surface area contributed by atoms with Gasteiger partial charge in [-0.05, 0) is 31.0 Å². The highest BCUT2D eigenvalue weighted by atomic mass is 19.1. The summed E-state index contributed by atoms with van der Waals surface area (Å²) in [4.78, 5) is 0. The summed E-state index contributed by atoms with van der Waals surface area (Å²) in [5, 5.41) is 3.33. The number of halogens is 1. The zero-order chi connectivity index (χ0) is 12.1. The van der Waals surface area contributed by atoms with Crippen LogP contribution < -0.4 is 5.32 Å². The Hall–Kier alpha value is -1.15. The minimum atomic E-state index is -0.140. The Balaban J connectivity index is 2.70. The van der Waals surface area contributed by atoms with Crippen molar-refractivity contribution in [2.45, 2.75) is 33.7 Å². The molecule has 0 saturated heterocycles. The van der Waals surface area contributed by atoms with Crippen molar-refractivity contribution in [1.82, 2.24) is 5.32 Å². The van der Waals surface area contributed by atoms with Gasteiger partial charge in [-0.15, -0.1) is 0 Å². The van der Waals surface area contributed by atoms with E-state index in [0.29, 0.717) is 11.6 Å². The second-order valence-electron chi connectivity index (χ2n) is 4.53. The SMILES string of the molecule is CC(=Cc1ccc(C)c(F)c1)CNC(C)C. The third-order valence-corrected chi connectivity index (χ3v) is 2.40. The molecule has 1 aromatic rings. The molecular weight excluding hydrogens is 201 g/mol. The molecule has 1 aromatic carbocycles. The van der Waals surface area contributed by atoms with Gasteiger partial charge in [-0.25, -0.2) is 4.39 Å². The van der Waals surface area contributed by atoms with E-state index in [-0.39, 0.29) is 5.82 Å². The molecule has 0 aliphatic carbocycles. The number of rotatable bonds is 4. The lowest BCUT2D eigenvalue weighted by molar-refractivity contribution is 0.617. The van der Waals surface area contributed by atoms with Gasteiger partial charge in [0.15, 0.2) is 0 Å². The smallest absolute Gasteiger partial charge is 0.126 e. The van der Waals surface area contributed by atoms with E-state index in [1.54, 1.807) is 13.0 Å². The van der Waals surface area contributed by atoms with E-state index in [4.69, 9.17) is 0 Å². The van der Waals surface area contributed by atoms with Crippen LogP contribution in [-0.2, 0) is 0 Å². The molecule has 0 amide bonds. The molecule has 1 N–H and O–H groups in total. The summed E-state index contributed by atoms with van der Waals surface area (Å²) < 4.78 is 13.3. The van der Waals surface area contributed by atoms with E-state index >= 15 is 0 Å². The van der Waals surface area contributed by atoms with Crippen LogP contribution in [0.1, 0.15) is 31.9 Å². The van der Waals surface area contributed by atoms with Gasteiger partial charge >= 0.3 is 0 Å². The number of nitrogens with one attached hydrogen (secondary N) is 1. The molecule has 2 heteroatoms. The Bertz CT molecular complexity index is 380. The van der Waals surface area contributed by atoms with Crippen molar-refractivity contribution in [3.05, 3.63) is 40.7 Å². The number of benzene rings is 1. The lowest BCUT2D eigenvalue weighted by Gasteiger charge is -2.08. The summed E-state index contributed by atoms with van der Waals surface area (Å²) in [6, 6.07) is 5.80. The molecule has 1 rings (SSSR count). The van der Waals surface area contributed by atoms with Crippen molar-refractivity contribution >= 4 is 6.08 Å². The first kappa shape index (κ1) is 12.9. The lowest BCUT2D eigenvalue weighted by Crippen LogP contribution is -2.24. The van der Waals surface area contributed by atoms with E-state index in [1.807, 2.05) is 25.1 Å². The Morgan fingerprint density at radius 1 is 1.44 bits per heavy atom. The van der Waals surface area contributed by atoms with E-state index in [2.05, 4.69) is 19.2 Å². The van der Waals surface area contributed by atoms with Gasteiger partial charge in [0, 0.05) is 12.6 Å². The molecule has 0 fully saturated rings. The molecule has 0 radical (unpaired) electrons. The minimum Gasteiger partial charge on any atom is -0.311 e. The molecule has 0 saturated carbocycles. The van der Waals surface area contributed by atoms with Crippen molar-refractivity contribution in [3.8, 4) is 0 Å². The van der Waals surface area contributed by atoms with Gasteiger partial charge in [0.05, 0.1) is 0 Å². The lowest BCUT2D eigenvalue weighted by atomic mass is 10.1. The van der Waals surface area contributed by atoms with Gasteiger partial charge in [0.25, 0.3) is 0 Å². The second kappa shape index (κ2) is 5.80. The first-order chi connectivity index (χ1) is 7.49. The molecule has 0 aliphatic heterocycles. The van der Waals surface area contributed by atoms with Crippen LogP contribution in [0, 0.1) is 12.7 Å². The molecule has 88 valence electrons. The summed E-state index contributed by atoms with van der Waals surface area (Å²) >= 11 is 0. The third kappa shape index (κ3) is 4.15. The monoisotopic (exact) mass is 221 g/mol. The Morgan fingerprint density at radius 2 is 2.12 bits per heavy atom. The fourth-order valence-corrected chi connectivity index (χ4v) is 1.40. The topological polar surface area (TPSA) is 12.0 Å². The molecule has 0 unspecified atom stereocenters. The summed E-state index contributed by atoms with van der Waals surface area (Å²) in [5.41, 5.74) is 2.82. The van der Waals surface area contributed by atoms with E-state index in [1.165, 1.54) is 5.57 Å². The number of aryl methyl sites for hydroxylation is 1. The van der Waals surface area contributed by atoms with Crippen LogP contribution in [0.5, 0.6) is 0 Å². The van der Waals surface area contributed by atoms with Crippen molar-refractivity contribution in [1.29, 1.82) is 0 Å². The van der Waals surface area contributed by atoms with Crippen molar-refractivity contribution in [2.75, 3.05) is 6.54 Å². The maximum atomic E-state index is 13.3. The summed E-state index contributed by atoms with van der Waals surface area (Å²) in [7, 11) is 0. The van der Waals surface area contributed by atoms with Crippen LogP contribution in [0.4, 0.5) is 4.39 Å². The summed E-state index contributed by atoms with van der Waals surface area (Å²) in [5.74, 6) is -0.140. The maximum Gasteiger partial charge on any atom is 0.126 e. The van der Waals surface area contributed by atoms with Crippen LogP contribution in [0.2, 0.25) is 0 Å². The highest BCUT2D eigenvalue weighted by Gasteiger charge is 1.98. The first-order valence-electron chi connectivity index (χ1n) is 5.65. The predicted octanol–water partition coefficient (Wildman–Crippen LogP) is 3.54. The molecule has 1 nitrogen and oxygen atoms in total. The fraction of sp³-hybridized carbons (Fsp3) is 0.429. The average Bonchev–Trinajstić information content (AvgIpc) is 2.21. The number of hydrogen-bond acceptors (Lipinski definition) is 1. The first-order valence-corrected chi connectivity index (χ1v) is 5.65. The maximum absolute atomic E-state index is 13.3. The van der Waals surface area contributed by atoms with Gasteiger partial charge in [0.2, 0.25) is 0 Å².